The molecule has 0 unspecified atom stereocenters. The Balaban J connectivity index is 1.89. The molecule has 0 aliphatic rings. The largest absolute Gasteiger partial charge is 0.494 e. The van der Waals surface area contributed by atoms with Gasteiger partial charge in [0.05, 0.1) is 34.5 Å². The maximum Gasteiger partial charge on any atom is 0.436 e. The van der Waals surface area contributed by atoms with Crippen LogP contribution in [0.25, 0.3) is 0 Å². The van der Waals surface area contributed by atoms with Crippen LogP contribution in [0.5, 0.6) is 5.75 Å². The first-order valence-electron chi connectivity index (χ1n) is 8.22. The minimum Gasteiger partial charge on any atom is -0.494 e. The molecule has 1 aromatic heterocycles. The van der Waals surface area contributed by atoms with E-state index >= 15 is 0 Å². The summed E-state index contributed by atoms with van der Waals surface area (Å²) in [4.78, 5) is 10.3. The molecule has 0 radical (unpaired) electrons. The molecule has 0 fully saturated rings. The number of hydrogen-bond donors (Lipinski definition) is 2. The van der Waals surface area contributed by atoms with Crippen LogP contribution in [0, 0.1) is 17.0 Å². The van der Waals surface area contributed by atoms with E-state index in [1.165, 1.54) is 36.9 Å². The highest BCUT2D eigenvalue weighted by Crippen LogP contribution is 2.35. The Labute approximate surface area is 174 Å². The van der Waals surface area contributed by atoms with Crippen molar-refractivity contribution >= 4 is 40.3 Å². The SMILES string of the molecule is COc1cc([N+](=O)[O-])ccc1NC(=S)NCCCn1nc(C(F)(F)F)c(Cl)c1C. The van der Waals surface area contributed by atoms with Crippen LogP contribution in [0.15, 0.2) is 18.2 Å². The first-order chi connectivity index (χ1) is 13.5. The number of halogens is 4. The van der Waals surface area contributed by atoms with E-state index < -0.39 is 21.8 Å². The number of hydrogen-bond acceptors (Lipinski definition) is 5. The second kappa shape index (κ2) is 9.27. The zero-order chi connectivity index (χ0) is 21.8. The van der Waals surface area contributed by atoms with Gasteiger partial charge in [-0.05, 0) is 31.6 Å². The maximum absolute atomic E-state index is 12.8. The van der Waals surface area contributed by atoms with Gasteiger partial charge in [-0.1, -0.05) is 11.6 Å². The lowest BCUT2D eigenvalue weighted by atomic mass is 10.2. The summed E-state index contributed by atoms with van der Waals surface area (Å²) < 4.78 is 44.8. The van der Waals surface area contributed by atoms with Gasteiger partial charge in [0.2, 0.25) is 0 Å². The fourth-order valence-corrected chi connectivity index (χ4v) is 2.87. The molecular formula is C16H17ClF3N5O3S. The third kappa shape index (κ3) is 5.70. The second-order valence-corrected chi connectivity index (χ2v) is 6.63. The van der Waals surface area contributed by atoms with Crippen molar-refractivity contribution in [3.8, 4) is 5.75 Å². The van der Waals surface area contributed by atoms with Crippen LogP contribution in [0.4, 0.5) is 24.5 Å². The van der Waals surface area contributed by atoms with E-state index in [4.69, 9.17) is 28.6 Å². The Morgan fingerprint density at radius 1 is 1.45 bits per heavy atom. The van der Waals surface area contributed by atoms with E-state index in [0.717, 1.165) is 0 Å². The van der Waals surface area contributed by atoms with E-state index in [1.807, 2.05) is 0 Å². The molecule has 2 N–H and O–H groups in total. The minimum atomic E-state index is -4.61. The van der Waals surface area contributed by atoms with Crippen molar-refractivity contribution in [3.63, 3.8) is 0 Å². The highest BCUT2D eigenvalue weighted by atomic mass is 35.5. The molecule has 2 aromatic rings. The summed E-state index contributed by atoms with van der Waals surface area (Å²) in [5, 5.41) is 19.9. The molecule has 0 bridgehead atoms. The molecule has 0 saturated carbocycles. The fraction of sp³-hybridized carbons (Fsp3) is 0.375. The lowest BCUT2D eigenvalue weighted by molar-refractivity contribution is -0.384. The lowest BCUT2D eigenvalue weighted by Crippen LogP contribution is -2.30. The summed E-state index contributed by atoms with van der Waals surface area (Å²) in [6, 6.07) is 4.02. The standard InChI is InChI=1S/C16H17ClF3N5O3S/c1-9-13(17)14(16(18,19)20)23-24(9)7-3-6-21-15(29)22-11-5-4-10(25(26)27)8-12(11)28-2/h4-5,8H,3,6-7H2,1-2H3,(H2,21,22,29). The summed E-state index contributed by atoms with van der Waals surface area (Å²) >= 11 is 10.9. The van der Waals surface area contributed by atoms with Crippen molar-refractivity contribution in [1.82, 2.24) is 15.1 Å². The van der Waals surface area contributed by atoms with Gasteiger partial charge in [-0.25, -0.2) is 0 Å². The van der Waals surface area contributed by atoms with Crippen molar-refractivity contribution in [3.05, 3.63) is 44.7 Å². The van der Waals surface area contributed by atoms with Crippen LogP contribution in [0.1, 0.15) is 17.8 Å². The number of rotatable bonds is 7. The van der Waals surface area contributed by atoms with Crippen molar-refractivity contribution in [2.45, 2.75) is 26.1 Å². The van der Waals surface area contributed by atoms with E-state index in [-0.39, 0.29) is 28.8 Å². The monoisotopic (exact) mass is 451 g/mol. The number of anilines is 1. The van der Waals surface area contributed by atoms with Gasteiger partial charge < -0.3 is 15.4 Å². The van der Waals surface area contributed by atoms with E-state index in [0.29, 0.717) is 18.7 Å². The number of methoxy groups -OCH3 is 1. The summed E-state index contributed by atoms with van der Waals surface area (Å²) in [6.07, 6.45) is -4.18. The van der Waals surface area contributed by atoms with Crippen molar-refractivity contribution in [1.29, 1.82) is 0 Å². The number of alkyl halides is 3. The fourth-order valence-electron chi connectivity index (χ4n) is 2.42. The number of aryl methyl sites for hydroxylation is 1. The second-order valence-electron chi connectivity index (χ2n) is 5.85. The number of nitrogens with one attached hydrogen (secondary N) is 2. The molecule has 1 aromatic carbocycles. The molecule has 0 spiro atoms. The normalized spacial score (nSPS) is 11.2. The molecule has 29 heavy (non-hydrogen) atoms. The molecule has 0 amide bonds. The Morgan fingerprint density at radius 3 is 2.69 bits per heavy atom. The molecule has 0 aliphatic carbocycles. The lowest BCUT2D eigenvalue weighted by Gasteiger charge is -2.13. The van der Waals surface area contributed by atoms with Gasteiger partial charge >= 0.3 is 6.18 Å². The Bertz CT molecular complexity index is 920. The first kappa shape index (κ1) is 22.7. The average molecular weight is 452 g/mol. The first-order valence-corrected chi connectivity index (χ1v) is 9.00. The number of benzene rings is 1. The Hall–Kier alpha value is -2.60. The summed E-state index contributed by atoms with van der Waals surface area (Å²) in [6.45, 7) is 2.02. The number of nitrogens with zero attached hydrogens (tertiary/aromatic N) is 3. The summed E-state index contributed by atoms with van der Waals surface area (Å²) in [5.41, 5.74) is -0.569. The molecular weight excluding hydrogens is 435 g/mol. The van der Waals surface area contributed by atoms with Gasteiger partial charge in [0.15, 0.2) is 10.8 Å². The predicted octanol–water partition coefficient (Wildman–Crippen LogP) is 4.16. The quantitative estimate of drug-likeness (QED) is 0.282. The molecule has 2 rings (SSSR count). The van der Waals surface area contributed by atoms with Crippen molar-refractivity contribution in [2.75, 3.05) is 19.0 Å². The van der Waals surface area contributed by atoms with Crippen LogP contribution < -0.4 is 15.4 Å². The van der Waals surface area contributed by atoms with Crippen LogP contribution in [0.3, 0.4) is 0 Å². The smallest absolute Gasteiger partial charge is 0.436 e. The highest BCUT2D eigenvalue weighted by Gasteiger charge is 2.38. The Kier molecular flexibility index (Phi) is 7.25. The third-order valence-corrected chi connectivity index (χ3v) is 4.58. The maximum atomic E-state index is 12.8. The van der Waals surface area contributed by atoms with Crippen LogP contribution >= 0.6 is 23.8 Å². The zero-order valence-corrected chi connectivity index (χ0v) is 16.9. The van der Waals surface area contributed by atoms with Crippen LogP contribution in [0.2, 0.25) is 5.02 Å². The van der Waals surface area contributed by atoms with E-state index in [2.05, 4.69) is 15.7 Å². The van der Waals surface area contributed by atoms with Gasteiger partial charge in [-0.15, -0.1) is 0 Å². The Morgan fingerprint density at radius 2 is 2.14 bits per heavy atom. The van der Waals surface area contributed by atoms with E-state index in [9.17, 15) is 23.3 Å². The van der Waals surface area contributed by atoms with Gasteiger partial charge in [-0.3, -0.25) is 14.8 Å². The molecule has 0 atom stereocenters. The number of nitro benzene ring substituents is 1. The number of nitro groups is 1. The predicted molar refractivity (Wildman–Crippen MR) is 105 cm³/mol. The van der Waals surface area contributed by atoms with Crippen LogP contribution in [-0.2, 0) is 12.7 Å². The topological polar surface area (TPSA) is 94.3 Å². The van der Waals surface area contributed by atoms with Gasteiger partial charge in [0.25, 0.3) is 5.69 Å². The number of aromatic nitrogens is 2. The molecule has 8 nitrogen and oxygen atoms in total. The highest BCUT2D eigenvalue weighted by molar-refractivity contribution is 7.80. The summed E-state index contributed by atoms with van der Waals surface area (Å²) in [5.74, 6) is 0.241. The average Bonchev–Trinajstić information content (AvgIpc) is 2.94. The van der Waals surface area contributed by atoms with Gasteiger partial charge in [0, 0.05) is 19.2 Å². The van der Waals surface area contributed by atoms with Gasteiger partial charge in [0.1, 0.15) is 5.75 Å². The number of ether oxygens (including phenoxy) is 1. The molecule has 0 aliphatic heterocycles. The third-order valence-electron chi connectivity index (χ3n) is 3.88. The molecule has 1 heterocycles. The molecule has 13 heteroatoms. The molecule has 0 saturated heterocycles. The van der Waals surface area contributed by atoms with Gasteiger partial charge in [-0.2, -0.15) is 18.3 Å². The van der Waals surface area contributed by atoms with Crippen LogP contribution in [-0.4, -0.2) is 33.5 Å². The minimum absolute atomic E-state index is 0.127. The van der Waals surface area contributed by atoms with Crippen molar-refractivity contribution < 1.29 is 22.8 Å². The zero-order valence-electron chi connectivity index (χ0n) is 15.3. The molecule has 158 valence electrons. The number of thiocarbonyl (C=S) groups is 1. The number of non-ortho nitro benzene ring substituents is 1. The van der Waals surface area contributed by atoms with Crippen molar-refractivity contribution in [2.24, 2.45) is 0 Å². The van der Waals surface area contributed by atoms with E-state index in [1.54, 1.807) is 0 Å². The summed E-state index contributed by atoms with van der Waals surface area (Å²) in [7, 11) is 1.37.